The Morgan fingerprint density at radius 3 is 2.39 bits per heavy atom. The largest absolute Gasteiger partial charge is 0.335 e. The molecule has 2 aromatic rings. The molecule has 0 radical (unpaired) electrons. The lowest BCUT2D eigenvalue weighted by Crippen LogP contribution is -2.48. The van der Waals surface area contributed by atoms with Gasteiger partial charge >= 0.3 is 0 Å². The summed E-state index contributed by atoms with van der Waals surface area (Å²) in [6.45, 7) is 4.00. The molecule has 2 heterocycles. The van der Waals surface area contributed by atoms with Crippen LogP contribution >= 0.6 is 22.9 Å². The Morgan fingerprint density at radius 1 is 1.13 bits per heavy atom. The van der Waals surface area contributed by atoms with Crippen LogP contribution in [-0.2, 0) is 6.54 Å². The van der Waals surface area contributed by atoms with Crippen molar-refractivity contribution in [2.75, 3.05) is 26.2 Å². The van der Waals surface area contributed by atoms with Gasteiger partial charge in [-0.15, -0.1) is 11.3 Å². The zero-order valence-corrected chi connectivity index (χ0v) is 14.1. The minimum atomic E-state index is 0.0694. The monoisotopic (exact) mass is 345 g/mol. The Morgan fingerprint density at radius 2 is 1.83 bits per heavy atom. The molecule has 1 amide bonds. The second kappa shape index (κ2) is 7.14. The molecule has 0 atom stereocenters. The first-order valence-corrected chi connectivity index (χ1v) is 8.61. The highest BCUT2D eigenvalue weighted by Gasteiger charge is 2.23. The van der Waals surface area contributed by atoms with Crippen molar-refractivity contribution in [1.29, 1.82) is 5.26 Å². The first-order valence-electron chi connectivity index (χ1n) is 7.42. The molecule has 0 saturated carbocycles. The lowest BCUT2D eigenvalue weighted by atomic mass is 10.1. The molecule has 0 unspecified atom stereocenters. The van der Waals surface area contributed by atoms with Gasteiger partial charge in [-0.1, -0.05) is 23.7 Å². The van der Waals surface area contributed by atoms with Gasteiger partial charge in [0.25, 0.3) is 5.91 Å². The zero-order chi connectivity index (χ0) is 16.2. The number of nitrogens with zero attached hydrogens (tertiary/aromatic N) is 3. The minimum Gasteiger partial charge on any atom is -0.335 e. The van der Waals surface area contributed by atoms with E-state index in [1.165, 1.54) is 16.9 Å². The van der Waals surface area contributed by atoms with Gasteiger partial charge in [0.2, 0.25) is 0 Å². The molecule has 1 saturated heterocycles. The predicted octanol–water partition coefficient (Wildman–Crippen LogP) is 3.23. The van der Waals surface area contributed by atoms with Crippen LogP contribution in [0.2, 0.25) is 4.34 Å². The molecule has 1 aliphatic rings. The Labute approximate surface area is 144 Å². The topological polar surface area (TPSA) is 47.3 Å². The van der Waals surface area contributed by atoms with Gasteiger partial charge in [0.15, 0.2) is 0 Å². The van der Waals surface area contributed by atoms with E-state index < -0.39 is 0 Å². The summed E-state index contributed by atoms with van der Waals surface area (Å²) in [6.07, 6.45) is 0. The van der Waals surface area contributed by atoms with Crippen LogP contribution in [0.1, 0.15) is 20.8 Å². The van der Waals surface area contributed by atoms with E-state index in [0.29, 0.717) is 14.8 Å². The molecule has 4 nitrogen and oxygen atoms in total. The quantitative estimate of drug-likeness (QED) is 0.858. The van der Waals surface area contributed by atoms with E-state index in [1.807, 2.05) is 29.2 Å². The first-order chi connectivity index (χ1) is 11.2. The average molecular weight is 346 g/mol. The summed E-state index contributed by atoms with van der Waals surface area (Å²) in [7, 11) is 0. The summed E-state index contributed by atoms with van der Waals surface area (Å²) in [5.74, 6) is 0.0694. The van der Waals surface area contributed by atoms with Crippen molar-refractivity contribution in [2.24, 2.45) is 0 Å². The summed E-state index contributed by atoms with van der Waals surface area (Å²) in [4.78, 5) is 17.3. The van der Waals surface area contributed by atoms with Crippen LogP contribution in [0.4, 0.5) is 0 Å². The highest BCUT2D eigenvalue weighted by atomic mass is 35.5. The van der Waals surface area contributed by atoms with Crippen molar-refractivity contribution in [2.45, 2.75) is 6.54 Å². The van der Waals surface area contributed by atoms with Gasteiger partial charge in [-0.25, -0.2) is 0 Å². The maximum atomic E-state index is 12.4. The van der Waals surface area contributed by atoms with Crippen molar-refractivity contribution in [3.63, 3.8) is 0 Å². The lowest BCUT2D eigenvalue weighted by Gasteiger charge is -2.34. The van der Waals surface area contributed by atoms with Crippen LogP contribution in [0.25, 0.3) is 0 Å². The van der Waals surface area contributed by atoms with Crippen LogP contribution < -0.4 is 0 Å². The van der Waals surface area contributed by atoms with E-state index in [2.05, 4.69) is 11.0 Å². The first kappa shape index (κ1) is 16.0. The number of carbonyl (C=O) groups is 1. The molecule has 6 heteroatoms. The fourth-order valence-corrected chi connectivity index (χ4v) is 3.65. The van der Waals surface area contributed by atoms with Crippen LogP contribution in [0.5, 0.6) is 0 Å². The maximum absolute atomic E-state index is 12.4. The van der Waals surface area contributed by atoms with Gasteiger partial charge in [-0.2, -0.15) is 5.26 Å². The Hall–Kier alpha value is -1.87. The number of piperazine rings is 1. The Kier molecular flexibility index (Phi) is 4.97. The predicted molar refractivity (Wildman–Crippen MR) is 91.7 cm³/mol. The van der Waals surface area contributed by atoms with Crippen molar-refractivity contribution in [3.8, 4) is 6.07 Å². The normalized spacial score (nSPS) is 15.4. The molecule has 1 aromatic carbocycles. The van der Waals surface area contributed by atoms with E-state index in [-0.39, 0.29) is 5.91 Å². The number of hydrogen-bond acceptors (Lipinski definition) is 4. The number of nitriles is 1. The fraction of sp³-hybridized carbons (Fsp3) is 0.294. The Bertz CT molecular complexity index is 727. The summed E-state index contributed by atoms with van der Waals surface area (Å²) < 4.78 is 0.646. The molecule has 3 rings (SSSR count). The number of halogens is 1. The summed E-state index contributed by atoms with van der Waals surface area (Å²) in [5.41, 5.74) is 1.87. The highest BCUT2D eigenvalue weighted by Crippen LogP contribution is 2.23. The fourth-order valence-electron chi connectivity index (χ4n) is 2.64. The maximum Gasteiger partial charge on any atom is 0.264 e. The van der Waals surface area contributed by atoms with Crippen LogP contribution in [0, 0.1) is 11.3 Å². The Balaban J connectivity index is 1.53. The molecule has 0 N–H and O–H groups in total. The molecule has 0 spiro atoms. The van der Waals surface area contributed by atoms with Gasteiger partial charge in [0.05, 0.1) is 20.8 Å². The van der Waals surface area contributed by atoms with Crippen LogP contribution in [-0.4, -0.2) is 41.9 Å². The average Bonchev–Trinajstić information content (AvgIpc) is 3.02. The highest BCUT2D eigenvalue weighted by molar-refractivity contribution is 7.17. The second-order valence-electron chi connectivity index (χ2n) is 5.48. The van der Waals surface area contributed by atoms with E-state index in [9.17, 15) is 4.79 Å². The van der Waals surface area contributed by atoms with Gasteiger partial charge in [-0.05, 0) is 29.8 Å². The molecular weight excluding hydrogens is 330 g/mol. The van der Waals surface area contributed by atoms with E-state index in [0.717, 1.165) is 32.7 Å². The summed E-state index contributed by atoms with van der Waals surface area (Å²) >= 11 is 7.23. The molecule has 1 fully saturated rings. The number of carbonyl (C=O) groups excluding carboxylic acids is 1. The molecule has 1 aliphatic heterocycles. The number of rotatable bonds is 3. The second-order valence-corrected chi connectivity index (χ2v) is 7.20. The molecule has 23 heavy (non-hydrogen) atoms. The van der Waals surface area contributed by atoms with Crippen molar-refractivity contribution >= 4 is 28.8 Å². The zero-order valence-electron chi connectivity index (χ0n) is 12.5. The number of thiophene rings is 1. The minimum absolute atomic E-state index is 0.0694. The SMILES string of the molecule is N#Cc1ccc(CN2CCN(C(=O)c3ccc(Cl)s3)CC2)cc1. The number of amides is 1. The smallest absolute Gasteiger partial charge is 0.264 e. The van der Waals surface area contributed by atoms with Gasteiger partial charge in [-0.3, -0.25) is 9.69 Å². The molecule has 0 aliphatic carbocycles. The third-order valence-electron chi connectivity index (χ3n) is 3.93. The van der Waals surface area contributed by atoms with Crippen molar-refractivity contribution in [3.05, 3.63) is 56.7 Å². The van der Waals surface area contributed by atoms with E-state index >= 15 is 0 Å². The molecule has 1 aromatic heterocycles. The summed E-state index contributed by atoms with van der Waals surface area (Å²) in [5, 5.41) is 8.82. The molecule has 0 bridgehead atoms. The van der Waals surface area contributed by atoms with E-state index in [1.54, 1.807) is 12.1 Å². The van der Waals surface area contributed by atoms with Gasteiger partial charge in [0.1, 0.15) is 0 Å². The van der Waals surface area contributed by atoms with Gasteiger partial charge < -0.3 is 4.90 Å². The standard InChI is InChI=1S/C17H16ClN3OS/c18-16-6-5-15(23-16)17(22)21-9-7-20(8-10-21)12-14-3-1-13(11-19)2-4-14/h1-6H,7-10,12H2. The van der Waals surface area contributed by atoms with Crippen LogP contribution in [0.3, 0.4) is 0 Å². The summed E-state index contributed by atoms with van der Waals surface area (Å²) in [6, 6.07) is 13.3. The van der Waals surface area contributed by atoms with Crippen molar-refractivity contribution < 1.29 is 4.79 Å². The number of hydrogen-bond donors (Lipinski definition) is 0. The molecule has 118 valence electrons. The lowest BCUT2D eigenvalue weighted by molar-refractivity contribution is 0.0633. The molecular formula is C17H16ClN3OS. The van der Waals surface area contributed by atoms with Crippen molar-refractivity contribution in [1.82, 2.24) is 9.80 Å². The third kappa shape index (κ3) is 3.91. The number of benzene rings is 1. The third-order valence-corrected chi connectivity index (χ3v) is 5.15. The van der Waals surface area contributed by atoms with E-state index in [4.69, 9.17) is 16.9 Å². The van der Waals surface area contributed by atoms with Crippen LogP contribution in [0.15, 0.2) is 36.4 Å². The van der Waals surface area contributed by atoms with Gasteiger partial charge in [0, 0.05) is 32.7 Å².